The fourth-order valence-electron chi connectivity index (χ4n) is 2.12. The molecular weight excluding hydrogens is 335 g/mol. The normalized spacial score (nSPS) is 13.1. The van der Waals surface area contributed by atoms with Gasteiger partial charge in [0.2, 0.25) is 0 Å². The van der Waals surface area contributed by atoms with E-state index < -0.39 is 6.10 Å². The van der Waals surface area contributed by atoms with Crippen LogP contribution in [0.1, 0.15) is 17.2 Å². The Bertz CT molecular complexity index is 819. The molecule has 1 N–H and O–H groups in total. The Kier molecular flexibility index (Phi) is 4.71. The van der Waals surface area contributed by atoms with Gasteiger partial charge in [0.25, 0.3) is 0 Å². The number of hydrogen-bond donors (Lipinski definition) is 1. The van der Waals surface area contributed by atoms with Crippen molar-refractivity contribution in [2.75, 3.05) is 0 Å². The Morgan fingerprint density at radius 3 is 2.57 bits per heavy atom. The predicted octanol–water partition coefficient (Wildman–Crippen LogP) is 3.71. The third-order valence-electron chi connectivity index (χ3n) is 3.24. The molecule has 0 radical (unpaired) electrons. The molecule has 0 aliphatic heterocycles. The van der Waals surface area contributed by atoms with Crippen LogP contribution in [0.4, 0.5) is 0 Å². The van der Waals surface area contributed by atoms with Crippen LogP contribution in [0.15, 0.2) is 55.4 Å². The van der Waals surface area contributed by atoms with Crippen LogP contribution in [-0.4, -0.2) is 24.9 Å². The van der Waals surface area contributed by atoms with E-state index >= 15 is 0 Å². The summed E-state index contributed by atoms with van der Waals surface area (Å²) < 4.78 is 1.50. The summed E-state index contributed by atoms with van der Waals surface area (Å²) in [6.45, 7) is 0. The van der Waals surface area contributed by atoms with Gasteiger partial charge in [-0.3, -0.25) is 4.98 Å². The topological polar surface area (TPSA) is 63.8 Å². The first-order valence-electron chi connectivity index (χ1n) is 6.75. The van der Waals surface area contributed by atoms with Crippen LogP contribution >= 0.6 is 23.2 Å². The van der Waals surface area contributed by atoms with E-state index in [-0.39, 0.29) is 0 Å². The number of aliphatic hydroxyl groups excluding tert-OH is 1. The zero-order chi connectivity index (χ0) is 16.2. The van der Waals surface area contributed by atoms with Gasteiger partial charge in [-0.25, -0.2) is 9.67 Å². The van der Waals surface area contributed by atoms with Gasteiger partial charge in [0, 0.05) is 28.0 Å². The molecule has 1 atom stereocenters. The van der Waals surface area contributed by atoms with Crippen LogP contribution in [-0.2, 0) is 0 Å². The lowest BCUT2D eigenvalue weighted by Gasteiger charge is -2.17. The highest BCUT2D eigenvalue weighted by molar-refractivity contribution is 6.35. The summed E-state index contributed by atoms with van der Waals surface area (Å²) in [6, 6.07) is 8.61. The van der Waals surface area contributed by atoms with Crippen LogP contribution in [0.3, 0.4) is 0 Å². The average molecular weight is 347 g/mol. The Morgan fingerprint density at radius 1 is 1.13 bits per heavy atom. The molecule has 0 saturated heterocycles. The predicted molar refractivity (Wildman–Crippen MR) is 89.8 cm³/mol. The summed E-state index contributed by atoms with van der Waals surface area (Å²) in [7, 11) is 0. The van der Waals surface area contributed by atoms with Crippen molar-refractivity contribution in [3.63, 3.8) is 0 Å². The van der Waals surface area contributed by atoms with Gasteiger partial charge in [0.1, 0.15) is 18.8 Å². The summed E-state index contributed by atoms with van der Waals surface area (Å²) in [5.41, 5.74) is 1.92. The van der Waals surface area contributed by atoms with Gasteiger partial charge in [-0.15, -0.1) is 0 Å². The molecule has 0 aliphatic rings. The SMILES string of the molecule is O[C@H](/C(=C\c1ccncc1)n1cncn1)c1ccc(Cl)cc1Cl. The van der Waals surface area contributed by atoms with Gasteiger partial charge < -0.3 is 5.11 Å². The van der Waals surface area contributed by atoms with Crippen molar-refractivity contribution in [3.8, 4) is 0 Å². The molecule has 3 rings (SSSR count). The molecule has 5 nitrogen and oxygen atoms in total. The number of pyridine rings is 1. The number of benzene rings is 1. The molecule has 3 aromatic rings. The Hall–Kier alpha value is -2.21. The fraction of sp³-hybridized carbons (Fsp3) is 0.0625. The van der Waals surface area contributed by atoms with Crippen LogP contribution in [0, 0.1) is 0 Å². The van der Waals surface area contributed by atoms with E-state index in [0.717, 1.165) is 5.56 Å². The Balaban J connectivity index is 2.07. The summed E-state index contributed by atoms with van der Waals surface area (Å²) in [5.74, 6) is 0. The lowest BCUT2D eigenvalue weighted by molar-refractivity contribution is 0.231. The molecule has 116 valence electrons. The van der Waals surface area contributed by atoms with Gasteiger partial charge in [-0.1, -0.05) is 29.3 Å². The lowest BCUT2D eigenvalue weighted by Crippen LogP contribution is -2.09. The first kappa shape index (κ1) is 15.7. The van der Waals surface area contributed by atoms with Crippen LogP contribution < -0.4 is 0 Å². The van der Waals surface area contributed by atoms with E-state index in [4.69, 9.17) is 23.2 Å². The number of hydrogen-bond acceptors (Lipinski definition) is 4. The quantitative estimate of drug-likeness (QED) is 0.781. The molecule has 0 spiro atoms. The Morgan fingerprint density at radius 2 is 1.91 bits per heavy atom. The lowest BCUT2D eigenvalue weighted by atomic mass is 10.0. The fourth-order valence-corrected chi connectivity index (χ4v) is 2.64. The molecule has 2 aromatic heterocycles. The highest BCUT2D eigenvalue weighted by Gasteiger charge is 2.19. The second kappa shape index (κ2) is 6.91. The van der Waals surface area contributed by atoms with Crippen LogP contribution in [0.5, 0.6) is 0 Å². The molecular formula is C16H12Cl2N4O. The van der Waals surface area contributed by atoms with Gasteiger partial charge in [-0.05, 0) is 35.9 Å². The largest absolute Gasteiger partial charge is 0.382 e. The van der Waals surface area contributed by atoms with Gasteiger partial charge in [0.05, 0.1) is 5.70 Å². The molecule has 7 heteroatoms. The molecule has 23 heavy (non-hydrogen) atoms. The molecule has 0 aliphatic carbocycles. The maximum Gasteiger partial charge on any atom is 0.138 e. The highest BCUT2D eigenvalue weighted by Crippen LogP contribution is 2.33. The first-order valence-corrected chi connectivity index (χ1v) is 7.50. The highest BCUT2D eigenvalue weighted by atomic mass is 35.5. The number of nitrogens with zero attached hydrogens (tertiary/aromatic N) is 4. The minimum absolute atomic E-state index is 0.380. The molecule has 0 unspecified atom stereocenters. The molecule has 0 amide bonds. The number of aromatic nitrogens is 4. The third kappa shape index (κ3) is 3.59. The third-order valence-corrected chi connectivity index (χ3v) is 3.80. The van der Waals surface area contributed by atoms with Crippen molar-refractivity contribution in [2.24, 2.45) is 0 Å². The van der Waals surface area contributed by atoms with Crippen LogP contribution in [0.25, 0.3) is 11.8 Å². The van der Waals surface area contributed by atoms with Crippen molar-refractivity contribution in [2.45, 2.75) is 6.10 Å². The number of halogens is 2. The number of rotatable bonds is 4. The number of aliphatic hydroxyl groups is 1. The Labute approximate surface area is 142 Å². The first-order chi connectivity index (χ1) is 11.1. The monoisotopic (exact) mass is 346 g/mol. The maximum absolute atomic E-state index is 10.8. The summed E-state index contributed by atoms with van der Waals surface area (Å²) >= 11 is 12.1. The zero-order valence-electron chi connectivity index (χ0n) is 11.8. The summed E-state index contributed by atoms with van der Waals surface area (Å²) in [4.78, 5) is 7.91. The smallest absolute Gasteiger partial charge is 0.138 e. The van der Waals surface area contributed by atoms with Gasteiger partial charge >= 0.3 is 0 Å². The summed E-state index contributed by atoms with van der Waals surface area (Å²) in [5, 5.41) is 15.8. The van der Waals surface area contributed by atoms with E-state index in [1.54, 1.807) is 36.7 Å². The van der Waals surface area contributed by atoms with Crippen molar-refractivity contribution in [3.05, 3.63) is 76.6 Å². The van der Waals surface area contributed by atoms with E-state index in [1.807, 2.05) is 12.1 Å². The van der Waals surface area contributed by atoms with Crippen molar-refractivity contribution in [1.82, 2.24) is 19.7 Å². The minimum Gasteiger partial charge on any atom is -0.382 e. The average Bonchev–Trinajstić information content (AvgIpc) is 3.07. The molecule has 0 saturated carbocycles. The molecule has 0 bridgehead atoms. The van der Waals surface area contributed by atoms with Gasteiger partial charge in [0.15, 0.2) is 0 Å². The van der Waals surface area contributed by atoms with Crippen molar-refractivity contribution in [1.29, 1.82) is 0 Å². The molecule has 1 aromatic carbocycles. The van der Waals surface area contributed by atoms with E-state index in [0.29, 0.717) is 21.3 Å². The maximum atomic E-state index is 10.8. The van der Waals surface area contributed by atoms with E-state index in [2.05, 4.69) is 15.1 Å². The van der Waals surface area contributed by atoms with E-state index in [1.165, 1.54) is 17.3 Å². The van der Waals surface area contributed by atoms with Crippen molar-refractivity contribution >= 4 is 35.0 Å². The second-order valence-electron chi connectivity index (χ2n) is 4.76. The molecule has 0 fully saturated rings. The van der Waals surface area contributed by atoms with E-state index in [9.17, 15) is 5.11 Å². The zero-order valence-corrected chi connectivity index (χ0v) is 13.4. The van der Waals surface area contributed by atoms with Crippen molar-refractivity contribution < 1.29 is 5.11 Å². The van der Waals surface area contributed by atoms with Gasteiger partial charge in [-0.2, -0.15) is 5.10 Å². The molecule has 2 heterocycles. The standard InChI is InChI=1S/C16H12Cl2N4O/c17-12-1-2-13(14(18)8-12)16(23)15(22-10-20-9-21-22)7-11-3-5-19-6-4-11/h1-10,16,23H/b15-7+/t16-/m0/s1. The minimum atomic E-state index is -0.991. The summed E-state index contributed by atoms with van der Waals surface area (Å²) in [6.07, 6.45) is 7.07. The van der Waals surface area contributed by atoms with Crippen LogP contribution in [0.2, 0.25) is 10.0 Å². The second-order valence-corrected chi connectivity index (χ2v) is 5.60.